The number of pyridine rings is 1. The molecule has 1 amide bonds. The number of hydrogen-bond donors (Lipinski definition) is 1. The molecule has 8 nitrogen and oxygen atoms in total. The number of carbonyl (C=O) groups is 1. The van der Waals surface area contributed by atoms with Gasteiger partial charge in [0.05, 0.1) is 18.3 Å². The third kappa shape index (κ3) is 3.93. The molecule has 1 aliphatic carbocycles. The van der Waals surface area contributed by atoms with Crippen LogP contribution in [-0.2, 0) is 20.0 Å². The number of aromatic nitrogens is 4. The lowest BCUT2D eigenvalue weighted by Gasteiger charge is -2.30. The van der Waals surface area contributed by atoms with Crippen LogP contribution in [0.25, 0.3) is 33.6 Å². The Hall–Kier alpha value is -3.39. The molecule has 4 aromatic rings. The van der Waals surface area contributed by atoms with E-state index >= 15 is 0 Å². The van der Waals surface area contributed by atoms with Crippen molar-refractivity contribution in [2.75, 3.05) is 20.2 Å². The van der Waals surface area contributed by atoms with Crippen molar-refractivity contribution in [2.45, 2.75) is 51.6 Å². The van der Waals surface area contributed by atoms with Crippen LogP contribution >= 0.6 is 0 Å². The van der Waals surface area contributed by atoms with E-state index in [1.165, 1.54) is 12.8 Å². The molecule has 6 rings (SSSR count). The first-order chi connectivity index (χ1) is 17.5. The number of nitrogens with two attached hydrogens (primary N) is 1. The number of imidazole rings is 1. The van der Waals surface area contributed by atoms with Crippen LogP contribution in [0.3, 0.4) is 0 Å². The predicted octanol–water partition coefficient (Wildman–Crippen LogP) is 4.13. The van der Waals surface area contributed by atoms with Crippen molar-refractivity contribution < 1.29 is 9.53 Å². The number of piperidine rings is 1. The molecule has 0 radical (unpaired) electrons. The Kier molecular flexibility index (Phi) is 5.71. The summed E-state index contributed by atoms with van der Waals surface area (Å²) in [5.41, 5.74) is 11.5. The normalized spacial score (nSPS) is 18.3. The second-order valence-electron chi connectivity index (χ2n) is 10.3. The van der Waals surface area contributed by atoms with Crippen LogP contribution in [0, 0.1) is 5.92 Å². The van der Waals surface area contributed by atoms with Crippen LogP contribution < -0.4 is 10.5 Å². The van der Waals surface area contributed by atoms with E-state index in [0.717, 1.165) is 71.6 Å². The fourth-order valence-electron chi connectivity index (χ4n) is 5.49. The van der Waals surface area contributed by atoms with Crippen molar-refractivity contribution in [3.8, 4) is 17.3 Å². The molecule has 1 aromatic carbocycles. The molecular weight excluding hydrogens is 452 g/mol. The first kappa shape index (κ1) is 23.0. The molecule has 0 bridgehead atoms. The molecule has 1 saturated carbocycles. The molecule has 1 aliphatic heterocycles. The van der Waals surface area contributed by atoms with E-state index in [1.54, 1.807) is 7.11 Å². The number of ether oxygens (including phenoxy) is 1. The summed E-state index contributed by atoms with van der Waals surface area (Å²) >= 11 is 0. The molecule has 1 atom stereocenters. The van der Waals surface area contributed by atoms with Crippen molar-refractivity contribution in [2.24, 2.45) is 18.7 Å². The summed E-state index contributed by atoms with van der Waals surface area (Å²) in [4.78, 5) is 25.2. The standard InChI is InChI=1S/C28H34N6O2/c1-4-21-10-9-18-13-23(34(26(18)30-21)15-17-7-8-17)27-31-22-12-19(14-24(36-3)25(22)32(27)2)28(35)33-11-5-6-20(29)16-33/h9-10,12-14,17,20H,4-8,11,15-16,29H2,1-3H3/t20-/m1/s1. The number of aryl methyl sites for hydroxylation is 2. The van der Waals surface area contributed by atoms with Gasteiger partial charge in [0.2, 0.25) is 0 Å². The zero-order valence-corrected chi connectivity index (χ0v) is 21.3. The quantitative estimate of drug-likeness (QED) is 0.442. The van der Waals surface area contributed by atoms with Gasteiger partial charge in [0.25, 0.3) is 5.91 Å². The fraction of sp³-hybridized carbons (Fsp3) is 0.464. The zero-order chi connectivity index (χ0) is 25.0. The Balaban J connectivity index is 1.48. The average molecular weight is 487 g/mol. The fourth-order valence-corrected chi connectivity index (χ4v) is 5.49. The minimum Gasteiger partial charge on any atom is -0.494 e. The van der Waals surface area contributed by atoms with Gasteiger partial charge in [-0.2, -0.15) is 0 Å². The predicted molar refractivity (Wildman–Crippen MR) is 141 cm³/mol. The number of likely N-dealkylation sites (tertiary alicyclic amines) is 1. The van der Waals surface area contributed by atoms with E-state index in [2.05, 4.69) is 34.3 Å². The van der Waals surface area contributed by atoms with Crippen LogP contribution in [0.4, 0.5) is 0 Å². The van der Waals surface area contributed by atoms with Crippen LogP contribution in [0.15, 0.2) is 30.3 Å². The first-order valence-corrected chi connectivity index (χ1v) is 13.1. The summed E-state index contributed by atoms with van der Waals surface area (Å²) in [6, 6.07) is 10.2. The van der Waals surface area contributed by atoms with Gasteiger partial charge < -0.3 is 24.5 Å². The lowest BCUT2D eigenvalue weighted by molar-refractivity contribution is 0.0708. The second-order valence-corrected chi connectivity index (χ2v) is 10.3. The minimum absolute atomic E-state index is 0.0169. The number of rotatable bonds is 6. The second kappa shape index (κ2) is 8.92. The minimum atomic E-state index is -0.0169. The largest absolute Gasteiger partial charge is 0.494 e. The van der Waals surface area contributed by atoms with E-state index in [0.29, 0.717) is 23.8 Å². The number of methoxy groups -OCH3 is 1. The van der Waals surface area contributed by atoms with Crippen molar-refractivity contribution in [1.82, 2.24) is 24.0 Å². The number of benzene rings is 1. The smallest absolute Gasteiger partial charge is 0.254 e. The molecule has 36 heavy (non-hydrogen) atoms. The van der Waals surface area contributed by atoms with Crippen LogP contribution in [0.2, 0.25) is 0 Å². The summed E-state index contributed by atoms with van der Waals surface area (Å²) in [5, 5.41) is 1.12. The van der Waals surface area contributed by atoms with E-state index in [-0.39, 0.29) is 11.9 Å². The van der Waals surface area contributed by atoms with Gasteiger partial charge in [-0.25, -0.2) is 9.97 Å². The molecular formula is C28H34N6O2. The van der Waals surface area contributed by atoms with E-state index in [9.17, 15) is 4.79 Å². The summed E-state index contributed by atoms with van der Waals surface area (Å²) in [5.74, 6) is 2.17. The van der Waals surface area contributed by atoms with Crippen molar-refractivity contribution in [1.29, 1.82) is 0 Å². The van der Waals surface area contributed by atoms with Crippen molar-refractivity contribution in [3.05, 3.63) is 41.6 Å². The summed E-state index contributed by atoms with van der Waals surface area (Å²) in [7, 11) is 3.66. The molecule has 1 saturated heterocycles. The monoisotopic (exact) mass is 486 g/mol. The maximum Gasteiger partial charge on any atom is 0.254 e. The van der Waals surface area contributed by atoms with Crippen LogP contribution in [0.1, 0.15) is 48.7 Å². The Morgan fingerprint density at radius 2 is 2.00 bits per heavy atom. The maximum absolute atomic E-state index is 13.3. The van der Waals surface area contributed by atoms with E-state index < -0.39 is 0 Å². The molecule has 4 heterocycles. The Bertz CT molecular complexity index is 1460. The lowest BCUT2D eigenvalue weighted by Crippen LogP contribution is -2.45. The van der Waals surface area contributed by atoms with Crippen molar-refractivity contribution in [3.63, 3.8) is 0 Å². The topological polar surface area (TPSA) is 91.2 Å². The number of amides is 1. The molecule has 2 aliphatic rings. The van der Waals surface area contributed by atoms with Gasteiger partial charge in [-0.1, -0.05) is 6.92 Å². The highest BCUT2D eigenvalue weighted by Crippen LogP contribution is 2.37. The molecule has 0 spiro atoms. The first-order valence-electron chi connectivity index (χ1n) is 13.1. The van der Waals surface area contributed by atoms with Crippen LogP contribution in [0.5, 0.6) is 5.75 Å². The Labute approximate surface area is 211 Å². The molecule has 2 N–H and O–H groups in total. The summed E-state index contributed by atoms with van der Waals surface area (Å²) in [6.45, 7) is 4.39. The molecule has 188 valence electrons. The maximum atomic E-state index is 13.3. The van der Waals surface area contributed by atoms with Gasteiger partial charge in [-0.05, 0) is 68.4 Å². The van der Waals surface area contributed by atoms with Crippen LogP contribution in [-0.4, -0.2) is 56.2 Å². The number of nitrogens with zero attached hydrogens (tertiary/aromatic N) is 5. The number of carbonyl (C=O) groups excluding carboxylic acids is 1. The highest BCUT2D eigenvalue weighted by Gasteiger charge is 2.28. The number of hydrogen-bond acceptors (Lipinski definition) is 5. The number of fused-ring (bicyclic) bond motifs is 2. The lowest BCUT2D eigenvalue weighted by atomic mass is 10.0. The Morgan fingerprint density at radius 1 is 1.17 bits per heavy atom. The molecule has 3 aromatic heterocycles. The van der Waals surface area contributed by atoms with Gasteiger partial charge >= 0.3 is 0 Å². The van der Waals surface area contributed by atoms with Gasteiger partial charge in [-0.15, -0.1) is 0 Å². The van der Waals surface area contributed by atoms with E-state index in [4.69, 9.17) is 20.4 Å². The summed E-state index contributed by atoms with van der Waals surface area (Å²) < 4.78 is 10.2. The molecule has 2 fully saturated rings. The van der Waals surface area contributed by atoms with Crippen molar-refractivity contribution >= 4 is 28.0 Å². The third-order valence-electron chi connectivity index (χ3n) is 7.68. The Morgan fingerprint density at radius 3 is 2.72 bits per heavy atom. The van der Waals surface area contributed by atoms with Gasteiger partial charge in [0, 0.05) is 49.4 Å². The SMILES string of the molecule is CCc1ccc2cc(-c3nc4cc(C(=O)N5CCC[C@@H](N)C5)cc(OC)c4n3C)n(CC3CC3)c2n1. The summed E-state index contributed by atoms with van der Waals surface area (Å²) in [6.07, 6.45) is 5.31. The van der Waals surface area contributed by atoms with Gasteiger partial charge in [0.15, 0.2) is 5.82 Å². The van der Waals surface area contributed by atoms with E-state index in [1.807, 2.05) is 24.1 Å². The highest BCUT2D eigenvalue weighted by atomic mass is 16.5. The van der Waals surface area contributed by atoms with Gasteiger partial charge in [0.1, 0.15) is 16.9 Å². The molecule has 0 unspecified atom stereocenters. The highest BCUT2D eigenvalue weighted by molar-refractivity contribution is 6.00. The molecule has 8 heteroatoms. The third-order valence-corrected chi connectivity index (χ3v) is 7.68. The van der Waals surface area contributed by atoms with Gasteiger partial charge in [-0.3, -0.25) is 4.79 Å². The average Bonchev–Trinajstić information content (AvgIpc) is 3.56. The zero-order valence-electron chi connectivity index (χ0n) is 21.3.